The summed E-state index contributed by atoms with van der Waals surface area (Å²) >= 11 is 1.77. The molecule has 1 unspecified atom stereocenters. The van der Waals surface area contributed by atoms with Gasteiger partial charge >= 0.3 is 0 Å². The minimum atomic E-state index is -0.284. The van der Waals surface area contributed by atoms with Crippen LogP contribution in [0, 0.1) is 11.8 Å². The molecule has 1 N–H and O–H groups in total. The normalized spacial score (nSPS) is 11.6. The molecule has 1 atom stereocenters. The summed E-state index contributed by atoms with van der Waals surface area (Å²) in [6, 6.07) is 10.2. The molecule has 0 saturated heterocycles. The topological polar surface area (TPSA) is 20.2 Å². The van der Waals surface area contributed by atoms with Crippen molar-refractivity contribution in [2.24, 2.45) is 0 Å². The summed E-state index contributed by atoms with van der Waals surface area (Å²) in [6.07, 6.45) is 1.11. The monoisotopic (exact) mass is 220 g/mol. The predicted octanol–water partition coefficient (Wildman–Crippen LogP) is 2.94. The highest BCUT2D eigenvalue weighted by Crippen LogP contribution is 2.18. The van der Waals surface area contributed by atoms with Crippen LogP contribution in [0.2, 0.25) is 0 Å². The van der Waals surface area contributed by atoms with E-state index in [1.165, 1.54) is 4.90 Å². The highest BCUT2D eigenvalue weighted by Gasteiger charge is 2.01. The fourth-order valence-corrected chi connectivity index (χ4v) is 2.13. The molecular formula is C13H16OS. The Bertz CT molecular complexity index is 323. The van der Waals surface area contributed by atoms with E-state index in [1.807, 2.05) is 18.2 Å². The minimum Gasteiger partial charge on any atom is -0.392 e. The Morgan fingerprint density at radius 2 is 2.07 bits per heavy atom. The first-order chi connectivity index (χ1) is 7.33. The molecule has 0 aliphatic rings. The average molecular weight is 220 g/mol. The van der Waals surface area contributed by atoms with Gasteiger partial charge in [0.2, 0.25) is 0 Å². The first-order valence-electron chi connectivity index (χ1n) is 5.08. The van der Waals surface area contributed by atoms with Crippen LogP contribution in [-0.2, 0) is 0 Å². The Hall–Kier alpha value is -0.910. The van der Waals surface area contributed by atoms with Gasteiger partial charge in [0.15, 0.2) is 0 Å². The van der Waals surface area contributed by atoms with Gasteiger partial charge in [-0.25, -0.2) is 0 Å². The van der Waals surface area contributed by atoms with Crippen molar-refractivity contribution in [2.75, 3.05) is 5.75 Å². The number of hydrogen-bond acceptors (Lipinski definition) is 2. The van der Waals surface area contributed by atoms with Crippen LogP contribution in [0.5, 0.6) is 0 Å². The summed E-state index contributed by atoms with van der Waals surface area (Å²) in [6.45, 7) is 1.80. The molecule has 0 amide bonds. The standard InChI is InChI=1S/C13H16OS/c1-2-3-7-12(14)10-11-15-13-8-5-4-6-9-13/h4-6,8-9,12,14H,7,10-11H2,1H3. The third-order valence-electron chi connectivity index (χ3n) is 1.98. The quantitative estimate of drug-likeness (QED) is 0.608. The van der Waals surface area contributed by atoms with Crippen LogP contribution in [0.1, 0.15) is 19.8 Å². The second-order valence-corrected chi connectivity index (χ2v) is 4.40. The van der Waals surface area contributed by atoms with E-state index >= 15 is 0 Å². The fourth-order valence-electron chi connectivity index (χ4n) is 1.15. The first-order valence-corrected chi connectivity index (χ1v) is 6.07. The zero-order valence-corrected chi connectivity index (χ0v) is 9.76. The van der Waals surface area contributed by atoms with E-state index in [2.05, 4.69) is 24.0 Å². The Morgan fingerprint density at radius 1 is 1.33 bits per heavy atom. The zero-order chi connectivity index (χ0) is 10.9. The van der Waals surface area contributed by atoms with Gasteiger partial charge in [-0.1, -0.05) is 18.2 Å². The molecular weight excluding hydrogens is 204 g/mol. The highest BCUT2D eigenvalue weighted by atomic mass is 32.2. The Balaban J connectivity index is 2.18. The highest BCUT2D eigenvalue weighted by molar-refractivity contribution is 7.99. The van der Waals surface area contributed by atoms with Crippen LogP contribution in [0.15, 0.2) is 35.2 Å². The Morgan fingerprint density at radius 3 is 2.73 bits per heavy atom. The fraction of sp³-hybridized carbons (Fsp3) is 0.385. The zero-order valence-electron chi connectivity index (χ0n) is 8.94. The number of aliphatic hydroxyl groups is 1. The minimum absolute atomic E-state index is 0.284. The molecule has 1 aromatic carbocycles. The molecule has 1 aromatic rings. The lowest BCUT2D eigenvalue weighted by atomic mass is 10.2. The van der Waals surface area contributed by atoms with E-state index in [9.17, 15) is 5.11 Å². The molecule has 0 radical (unpaired) electrons. The van der Waals surface area contributed by atoms with E-state index in [0.29, 0.717) is 6.42 Å². The van der Waals surface area contributed by atoms with E-state index in [0.717, 1.165) is 12.2 Å². The van der Waals surface area contributed by atoms with Gasteiger partial charge in [-0.3, -0.25) is 0 Å². The molecule has 0 saturated carbocycles. The summed E-state index contributed by atoms with van der Waals surface area (Å²) in [5.41, 5.74) is 0. The molecule has 80 valence electrons. The molecule has 0 aromatic heterocycles. The summed E-state index contributed by atoms with van der Waals surface area (Å²) in [5.74, 6) is 6.62. The average Bonchev–Trinajstić information content (AvgIpc) is 2.28. The molecule has 1 nitrogen and oxygen atoms in total. The molecule has 0 aliphatic carbocycles. The van der Waals surface area contributed by atoms with Crippen molar-refractivity contribution in [1.29, 1.82) is 0 Å². The number of rotatable bonds is 5. The SMILES string of the molecule is CC#CCC(O)CCSc1ccccc1. The maximum atomic E-state index is 9.54. The van der Waals surface area contributed by atoms with Gasteiger partial charge in [-0.2, -0.15) is 0 Å². The number of hydrogen-bond donors (Lipinski definition) is 1. The summed E-state index contributed by atoms with van der Waals surface area (Å²) < 4.78 is 0. The second-order valence-electron chi connectivity index (χ2n) is 3.23. The summed E-state index contributed by atoms with van der Waals surface area (Å²) in [4.78, 5) is 1.26. The van der Waals surface area contributed by atoms with Crippen LogP contribution < -0.4 is 0 Å². The third-order valence-corrected chi connectivity index (χ3v) is 3.02. The number of aliphatic hydroxyl groups excluding tert-OH is 1. The van der Waals surface area contributed by atoms with Crippen LogP contribution in [0.3, 0.4) is 0 Å². The van der Waals surface area contributed by atoms with Crippen molar-refractivity contribution in [2.45, 2.75) is 30.8 Å². The van der Waals surface area contributed by atoms with E-state index < -0.39 is 0 Å². The molecule has 0 heterocycles. The Kier molecular flexibility index (Phi) is 5.99. The van der Waals surface area contributed by atoms with Crippen LogP contribution in [0.4, 0.5) is 0 Å². The third kappa shape index (κ3) is 5.51. The smallest absolute Gasteiger partial charge is 0.0657 e. The first kappa shape index (κ1) is 12.2. The maximum Gasteiger partial charge on any atom is 0.0657 e. The van der Waals surface area contributed by atoms with Crippen LogP contribution in [-0.4, -0.2) is 17.0 Å². The second kappa shape index (κ2) is 7.39. The molecule has 1 rings (SSSR count). The molecule has 0 fully saturated rings. The van der Waals surface area contributed by atoms with E-state index in [4.69, 9.17) is 0 Å². The van der Waals surface area contributed by atoms with Crippen LogP contribution >= 0.6 is 11.8 Å². The van der Waals surface area contributed by atoms with Crippen LogP contribution in [0.25, 0.3) is 0 Å². The molecule has 0 aliphatic heterocycles. The van der Waals surface area contributed by atoms with Crippen molar-refractivity contribution in [3.63, 3.8) is 0 Å². The molecule has 15 heavy (non-hydrogen) atoms. The predicted molar refractivity (Wildman–Crippen MR) is 65.9 cm³/mol. The number of thioether (sulfide) groups is 1. The maximum absolute atomic E-state index is 9.54. The molecule has 0 bridgehead atoms. The molecule has 2 heteroatoms. The summed E-state index contributed by atoms with van der Waals surface area (Å²) in [7, 11) is 0. The lowest BCUT2D eigenvalue weighted by molar-refractivity contribution is 0.177. The number of benzene rings is 1. The van der Waals surface area contributed by atoms with Gasteiger partial charge in [0.1, 0.15) is 0 Å². The van der Waals surface area contributed by atoms with Gasteiger partial charge in [-0.15, -0.1) is 23.6 Å². The van der Waals surface area contributed by atoms with Crippen molar-refractivity contribution in [1.82, 2.24) is 0 Å². The van der Waals surface area contributed by atoms with Gasteiger partial charge in [0.25, 0.3) is 0 Å². The van der Waals surface area contributed by atoms with E-state index in [-0.39, 0.29) is 6.10 Å². The summed E-state index contributed by atoms with van der Waals surface area (Å²) in [5, 5.41) is 9.54. The van der Waals surface area contributed by atoms with Gasteiger partial charge in [0.05, 0.1) is 6.10 Å². The molecule has 0 spiro atoms. The van der Waals surface area contributed by atoms with Gasteiger partial charge in [-0.05, 0) is 25.5 Å². The van der Waals surface area contributed by atoms with Crippen molar-refractivity contribution in [3.8, 4) is 11.8 Å². The Labute approximate surface area is 95.9 Å². The van der Waals surface area contributed by atoms with Crippen molar-refractivity contribution < 1.29 is 5.11 Å². The lowest BCUT2D eigenvalue weighted by Crippen LogP contribution is -2.05. The van der Waals surface area contributed by atoms with Crippen molar-refractivity contribution in [3.05, 3.63) is 30.3 Å². The van der Waals surface area contributed by atoms with Crippen molar-refractivity contribution >= 4 is 11.8 Å². The largest absolute Gasteiger partial charge is 0.392 e. The lowest BCUT2D eigenvalue weighted by Gasteiger charge is -2.06. The van der Waals surface area contributed by atoms with Gasteiger partial charge in [0, 0.05) is 17.1 Å². The van der Waals surface area contributed by atoms with E-state index in [1.54, 1.807) is 18.7 Å². The van der Waals surface area contributed by atoms with Gasteiger partial charge < -0.3 is 5.11 Å².